The highest BCUT2D eigenvalue weighted by atomic mass is 14.9. The first kappa shape index (κ1) is 12.0. The van der Waals surface area contributed by atoms with E-state index in [0.29, 0.717) is 0 Å². The van der Waals surface area contributed by atoms with E-state index in [1.165, 1.54) is 38.6 Å². The Morgan fingerprint density at radius 1 is 1.50 bits per heavy atom. The number of hydrogen-bond donors (Lipinski definition) is 1. The molecule has 2 atom stereocenters. The summed E-state index contributed by atoms with van der Waals surface area (Å²) in [7, 11) is 0. The van der Waals surface area contributed by atoms with Crippen molar-refractivity contribution < 1.29 is 0 Å². The molecule has 0 aromatic heterocycles. The molecule has 74 valence electrons. The van der Waals surface area contributed by atoms with Crippen LogP contribution in [0.1, 0.15) is 53.4 Å². The Kier molecular flexibility index (Phi) is 6.45. The molecule has 1 fully saturated rings. The summed E-state index contributed by atoms with van der Waals surface area (Å²) in [6.45, 7) is 5.91. The van der Waals surface area contributed by atoms with E-state index in [1.54, 1.807) is 0 Å². The van der Waals surface area contributed by atoms with Gasteiger partial charge in [0.2, 0.25) is 0 Å². The fourth-order valence-corrected chi connectivity index (χ4v) is 1.92. The normalized spacial score (nSPS) is 25.0. The van der Waals surface area contributed by atoms with Crippen LogP contribution in [0.3, 0.4) is 0 Å². The minimum Gasteiger partial charge on any atom is -0.314 e. The van der Waals surface area contributed by atoms with Crippen molar-refractivity contribution in [3.63, 3.8) is 0 Å². The van der Waals surface area contributed by atoms with Gasteiger partial charge in [0.25, 0.3) is 0 Å². The number of hydrogen-bond acceptors (Lipinski definition) is 1. The Hall–Kier alpha value is -0.0400. The monoisotopic (exact) mass is 171 g/mol. The molecule has 1 nitrogen and oxygen atoms in total. The number of nitrogens with one attached hydrogen (secondary N) is 1. The van der Waals surface area contributed by atoms with E-state index in [2.05, 4.69) is 19.2 Å². The molecule has 1 heteroatoms. The maximum atomic E-state index is 3.57. The Morgan fingerprint density at radius 2 is 2.25 bits per heavy atom. The highest BCUT2D eigenvalue weighted by molar-refractivity contribution is 4.78. The van der Waals surface area contributed by atoms with Crippen molar-refractivity contribution in [1.29, 1.82) is 0 Å². The molecule has 0 spiro atoms. The zero-order chi connectivity index (χ0) is 8.10. The van der Waals surface area contributed by atoms with Crippen LogP contribution in [-0.4, -0.2) is 12.6 Å². The van der Waals surface area contributed by atoms with Crippen molar-refractivity contribution in [1.82, 2.24) is 5.32 Å². The lowest BCUT2D eigenvalue weighted by Crippen LogP contribution is -2.28. The van der Waals surface area contributed by atoms with Gasteiger partial charge in [0, 0.05) is 6.04 Å². The molecule has 1 aliphatic rings. The number of rotatable bonds is 4. The smallest absolute Gasteiger partial charge is 0.00931 e. The van der Waals surface area contributed by atoms with E-state index in [1.807, 2.05) is 0 Å². The zero-order valence-electron chi connectivity index (χ0n) is 7.90. The molecule has 1 saturated heterocycles. The molecule has 12 heavy (non-hydrogen) atoms. The molecule has 0 aliphatic carbocycles. The summed E-state index contributed by atoms with van der Waals surface area (Å²) < 4.78 is 0. The summed E-state index contributed by atoms with van der Waals surface area (Å²) in [6, 6.07) is 0.835. The topological polar surface area (TPSA) is 12.0 Å². The van der Waals surface area contributed by atoms with Gasteiger partial charge >= 0.3 is 0 Å². The Bertz CT molecular complexity index is 95.2. The molecule has 1 N–H and O–H groups in total. The summed E-state index contributed by atoms with van der Waals surface area (Å²) in [5.41, 5.74) is 0. The van der Waals surface area contributed by atoms with Crippen molar-refractivity contribution in [3.05, 3.63) is 0 Å². The second-order valence-corrected chi connectivity index (χ2v) is 3.82. The van der Waals surface area contributed by atoms with Crippen LogP contribution in [0.25, 0.3) is 0 Å². The average molecular weight is 171 g/mol. The van der Waals surface area contributed by atoms with Gasteiger partial charge < -0.3 is 5.32 Å². The largest absolute Gasteiger partial charge is 0.314 e. The molecule has 0 saturated carbocycles. The van der Waals surface area contributed by atoms with Crippen molar-refractivity contribution in [3.8, 4) is 0 Å². The predicted molar refractivity (Wildman–Crippen MR) is 56.4 cm³/mol. The second-order valence-electron chi connectivity index (χ2n) is 3.82. The summed E-state index contributed by atoms with van der Waals surface area (Å²) in [4.78, 5) is 0. The van der Waals surface area contributed by atoms with Gasteiger partial charge in [0.15, 0.2) is 0 Å². The first-order valence-electron chi connectivity index (χ1n) is 5.08. The molecule has 1 aliphatic heterocycles. The molecule has 1 rings (SSSR count). The summed E-state index contributed by atoms with van der Waals surface area (Å²) in [5, 5.41) is 3.57. The lowest BCUT2D eigenvalue weighted by atomic mass is 9.95. The van der Waals surface area contributed by atoms with Gasteiger partial charge in [-0.2, -0.15) is 0 Å². The third-order valence-electron chi connectivity index (χ3n) is 2.80. The van der Waals surface area contributed by atoms with Gasteiger partial charge in [-0.3, -0.25) is 0 Å². The molecule has 0 amide bonds. The fourth-order valence-electron chi connectivity index (χ4n) is 1.92. The van der Waals surface area contributed by atoms with E-state index in [9.17, 15) is 0 Å². The lowest BCUT2D eigenvalue weighted by Gasteiger charge is -2.18. The molecule has 0 bridgehead atoms. The van der Waals surface area contributed by atoms with Gasteiger partial charge in [-0.05, 0) is 31.7 Å². The van der Waals surface area contributed by atoms with Gasteiger partial charge in [0.1, 0.15) is 0 Å². The van der Waals surface area contributed by atoms with Crippen LogP contribution in [-0.2, 0) is 0 Å². The van der Waals surface area contributed by atoms with E-state index in [0.717, 1.165) is 12.0 Å². The van der Waals surface area contributed by atoms with Crippen LogP contribution in [0.4, 0.5) is 0 Å². The van der Waals surface area contributed by atoms with Gasteiger partial charge in [-0.25, -0.2) is 0 Å². The maximum Gasteiger partial charge on any atom is 0.00931 e. The molecule has 0 aromatic rings. The third-order valence-corrected chi connectivity index (χ3v) is 2.80. The molecule has 1 heterocycles. The van der Waals surface area contributed by atoms with Crippen molar-refractivity contribution >= 4 is 0 Å². The van der Waals surface area contributed by atoms with E-state index >= 15 is 0 Å². The van der Waals surface area contributed by atoms with Crippen LogP contribution in [0.15, 0.2) is 0 Å². The first-order valence-corrected chi connectivity index (χ1v) is 5.08. The van der Waals surface area contributed by atoms with Gasteiger partial charge in [0.05, 0.1) is 0 Å². The zero-order valence-corrected chi connectivity index (χ0v) is 7.90. The first-order chi connectivity index (χ1) is 5.34. The highest BCUT2D eigenvalue weighted by Gasteiger charge is 2.19. The molecule has 2 unspecified atom stereocenters. The number of unbranched alkanes of at least 4 members (excludes halogenated alkanes) is 1. The Morgan fingerprint density at radius 3 is 2.75 bits per heavy atom. The lowest BCUT2D eigenvalue weighted by molar-refractivity contribution is 0.384. The fraction of sp³-hybridized carbons (Fsp3) is 1.00. The van der Waals surface area contributed by atoms with Crippen LogP contribution in [0, 0.1) is 5.92 Å². The van der Waals surface area contributed by atoms with E-state index in [-0.39, 0.29) is 7.43 Å². The van der Waals surface area contributed by atoms with Crippen LogP contribution < -0.4 is 5.32 Å². The molecule has 0 aromatic carbocycles. The standard InChI is InChI=1S/C10H21N.CH4/c1-3-4-6-9(2)10-7-5-8-11-10;/h9-11H,3-8H2,1-2H3;1H4. The minimum absolute atomic E-state index is 0. The second kappa shape index (κ2) is 6.47. The van der Waals surface area contributed by atoms with Crippen LogP contribution in [0.5, 0.6) is 0 Å². The Labute approximate surface area is 77.9 Å². The third kappa shape index (κ3) is 3.57. The minimum atomic E-state index is 0. The van der Waals surface area contributed by atoms with E-state index in [4.69, 9.17) is 0 Å². The van der Waals surface area contributed by atoms with Gasteiger partial charge in [-0.1, -0.05) is 34.1 Å². The quantitative estimate of drug-likeness (QED) is 0.685. The summed E-state index contributed by atoms with van der Waals surface area (Å²) in [5.74, 6) is 0.900. The summed E-state index contributed by atoms with van der Waals surface area (Å²) >= 11 is 0. The van der Waals surface area contributed by atoms with Crippen molar-refractivity contribution in [2.75, 3.05) is 6.54 Å². The molecular formula is C11H25N. The maximum absolute atomic E-state index is 3.57. The average Bonchev–Trinajstić information content (AvgIpc) is 2.52. The molecule has 0 radical (unpaired) electrons. The Balaban J connectivity index is 0.00000121. The van der Waals surface area contributed by atoms with Crippen LogP contribution >= 0.6 is 0 Å². The SMILES string of the molecule is C.CCCCC(C)C1CCCN1. The molecular weight excluding hydrogens is 146 g/mol. The van der Waals surface area contributed by atoms with E-state index < -0.39 is 0 Å². The van der Waals surface area contributed by atoms with Gasteiger partial charge in [-0.15, -0.1) is 0 Å². The van der Waals surface area contributed by atoms with Crippen molar-refractivity contribution in [2.24, 2.45) is 5.92 Å². The highest BCUT2D eigenvalue weighted by Crippen LogP contribution is 2.19. The predicted octanol–water partition coefficient (Wildman–Crippen LogP) is 3.20. The summed E-state index contributed by atoms with van der Waals surface area (Å²) in [6.07, 6.45) is 6.95. The van der Waals surface area contributed by atoms with Crippen molar-refractivity contribution in [2.45, 2.75) is 59.4 Å². The van der Waals surface area contributed by atoms with Crippen LogP contribution in [0.2, 0.25) is 0 Å².